The second-order valence-electron chi connectivity index (χ2n) is 12.3. The first-order chi connectivity index (χ1) is 26.0. The molecule has 2 aromatic carbocycles. The van der Waals surface area contributed by atoms with Gasteiger partial charge in [-0.2, -0.15) is 9.97 Å². The molecule has 0 bridgehead atoms. The van der Waals surface area contributed by atoms with E-state index in [0.29, 0.717) is 5.56 Å². The Morgan fingerprint density at radius 2 is 1.44 bits per heavy atom. The van der Waals surface area contributed by atoms with E-state index in [0.717, 1.165) is 16.5 Å². The minimum absolute atomic E-state index is 0.0393. The van der Waals surface area contributed by atoms with Crippen LogP contribution in [-0.2, 0) is 45.8 Å². The van der Waals surface area contributed by atoms with Crippen LogP contribution < -0.4 is 22.7 Å². The topological polar surface area (TPSA) is 297 Å². The van der Waals surface area contributed by atoms with Crippen LogP contribution in [0.4, 0.5) is 11.9 Å². The number of H-pyrrole nitrogens is 1. The van der Waals surface area contributed by atoms with Crippen LogP contribution in [0.1, 0.15) is 23.6 Å². The Kier molecular flexibility index (Phi) is 10.9. The third kappa shape index (κ3) is 7.95. The van der Waals surface area contributed by atoms with E-state index in [1.54, 1.807) is 30.3 Å². The van der Waals surface area contributed by atoms with Gasteiger partial charge in [-0.3, -0.25) is 28.0 Å². The van der Waals surface area contributed by atoms with Crippen molar-refractivity contribution in [3.63, 3.8) is 0 Å². The number of phosphoric acid groups is 1. The van der Waals surface area contributed by atoms with Crippen molar-refractivity contribution in [1.29, 1.82) is 0 Å². The van der Waals surface area contributed by atoms with Crippen molar-refractivity contribution in [2.24, 2.45) is 0 Å². The number of phosphoric ester groups is 1. The number of aromatic amines is 1. The third-order valence-corrected chi connectivity index (χ3v) is 9.74. The van der Waals surface area contributed by atoms with Gasteiger partial charge in [-0.25, -0.2) is 19.3 Å². The Balaban J connectivity index is 1.11. The molecular formula is C32H36N9O12P. The second-order valence-corrected chi connectivity index (χ2v) is 13.7. The van der Waals surface area contributed by atoms with Gasteiger partial charge < -0.3 is 45.5 Å². The van der Waals surface area contributed by atoms with E-state index < -0.39 is 81.4 Å². The van der Waals surface area contributed by atoms with Crippen LogP contribution in [0.2, 0.25) is 0 Å². The Morgan fingerprint density at radius 3 is 2.09 bits per heavy atom. The molecule has 8 N–H and O–H groups in total. The maximum absolute atomic E-state index is 13.6. The molecule has 21 nitrogen and oxygen atoms in total. The highest BCUT2D eigenvalue weighted by Crippen LogP contribution is 2.50. The summed E-state index contributed by atoms with van der Waals surface area (Å²) in [5, 5.41) is 21.7. The third-order valence-electron chi connectivity index (χ3n) is 8.75. The number of nitrogens with zero attached hydrogens (tertiary/aromatic N) is 6. The van der Waals surface area contributed by atoms with Crippen LogP contribution in [0.3, 0.4) is 0 Å². The number of nitrogen functional groups attached to an aromatic ring is 2. The minimum atomic E-state index is -5.09. The van der Waals surface area contributed by atoms with Gasteiger partial charge in [0, 0.05) is 0 Å². The molecular weight excluding hydrogens is 733 g/mol. The van der Waals surface area contributed by atoms with Crippen molar-refractivity contribution < 1.29 is 47.7 Å². The first kappa shape index (κ1) is 37.4. The molecule has 4 unspecified atom stereocenters. The zero-order valence-electron chi connectivity index (χ0n) is 28.2. The summed E-state index contributed by atoms with van der Waals surface area (Å²) in [6.07, 6.45) is -8.11. The lowest BCUT2D eigenvalue weighted by Gasteiger charge is -2.26. The van der Waals surface area contributed by atoms with Gasteiger partial charge in [0.2, 0.25) is 11.9 Å². The van der Waals surface area contributed by atoms with Crippen LogP contribution >= 0.6 is 7.82 Å². The van der Waals surface area contributed by atoms with Crippen LogP contribution in [-0.4, -0.2) is 99.0 Å². The number of nitrogens with two attached hydrogens (primary N) is 2. The molecule has 2 saturated heterocycles. The Bertz CT molecular complexity index is 2230. The van der Waals surface area contributed by atoms with E-state index in [4.69, 9.17) is 39.5 Å². The number of benzene rings is 2. The molecule has 0 saturated carbocycles. The quantitative estimate of drug-likeness (QED) is 0.0794. The van der Waals surface area contributed by atoms with E-state index in [9.17, 15) is 29.3 Å². The van der Waals surface area contributed by atoms with Crippen LogP contribution in [0.5, 0.6) is 0 Å². The first-order valence-electron chi connectivity index (χ1n) is 16.5. The molecule has 2 fully saturated rings. The van der Waals surface area contributed by atoms with Crippen LogP contribution in [0.25, 0.3) is 11.2 Å². The van der Waals surface area contributed by atoms with Gasteiger partial charge in [-0.15, -0.1) is 0 Å². The van der Waals surface area contributed by atoms with Crippen molar-refractivity contribution in [2.45, 2.75) is 62.3 Å². The zero-order valence-corrected chi connectivity index (χ0v) is 29.1. The van der Waals surface area contributed by atoms with E-state index >= 15 is 0 Å². The second kappa shape index (κ2) is 15.8. The molecule has 54 heavy (non-hydrogen) atoms. The lowest BCUT2D eigenvalue weighted by atomic mass is 10.1. The van der Waals surface area contributed by atoms with Gasteiger partial charge in [-0.1, -0.05) is 60.7 Å². The molecule has 5 aromatic rings. The molecule has 0 radical (unpaired) electrons. The number of fused-ring (bicyclic) bond motifs is 1. The van der Waals surface area contributed by atoms with E-state index in [1.165, 1.54) is 10.9 Å². The number of hydrogen-bond acceptors (Lipinski definition) is 17. The van der Waals surface area contributed by atoms with Crippen LogP contribution in [0.15, 0.2) is 82.9 Å². The van der Waals surface area contributed by atoms with Gasteiger partial charge in [0.25, 0.3) is 5.56 Å². The van der Waals surface area contributed by atoms with E-state index in [-0.39, 0.29) is 36.3 Å². The number of imidazole rings is 1. The molecule has 0 spiro atoms. The lowest BCUT2D eigenvalue weighted by Crippen LogP contribution is -2.40. The molecule has 9 atom stereocenters. The molecule has 286 valence electrons. The van der Waals surface area contributed by atoms with Gasteiger partial charge in [0.1, 0.15) is 43.0 Å². The fraction of sp³-hybridized carbons (Fsp3) is 0.375. The van der Waals surface area contributed by atoms with Crippen molar-refractivity contribution in [3.8, 4) is 0 Å². The molecule has 3 aromatic heterocycles. The fourth-order valence-corrected chi connectivity index (χ4v) is 7.15. The van der Waals surface area contributed by atoms with E-state index in [2.05, 4.69) is 24.9 Å². The fourth-order valence-electron chi connectivity index (χ4n) is 6.19. The Labute approximate surface area is 304 Å². The van der Waals surface area contributed by atoms with E-state index in [1.807, 2.05) is 30.3 Å². The van der Waals surface area contributed by atoms with Crippen molar-refractivity contribution >= 4 is 30.9 Å². The predicted octanol–water partition coefficient (Wildman–Crippen LogP) is -0.243. The summed E-state index contributed by atoms with van der Waals surface area (Å²) in [6.45, 7) is -1.43. The van der Waals surface area contributed by atoms with Crippen molar-refractivity contribution in [2.75, 3.05) is 24.7 Å². The number of ether oxygens (including phenoxy) is 4. The number of aliphatic hydroxyl groups excluding tert-OH is 2. The normalized spacial score (nSPS) is 26.6. The summed E-state index contributed by atoms with van der Waals surface area (Å²) < 4.78 is 51.0. The lowest BCUT2D eigenvalue weighted by molar-refractivity contribution is -0.0815. The summed E-state index contributed by atoms with van der Waals surface area (Å²) in [6, 6.07) is 18.0. The summed E-state index contributed by atoms with van der Waals surface area (Å²) in [7, 11) is -5.09. The summed E-state index contributed by atoms with van der Waals surface area (Å²) in [5.41, 5.74) is 11.4. The average Bonchev–Trinajstić information content (AvgIpc) is 3.82. The number of hydrogen-bond donors (Lipinski definition) is 6. The first-order valence-corrected chi connectivity index (χ1v) is 18.0. The number of rotatable bonds is 14. The maximum atomic E-state index is 13.6. The minimum Gasteiger partial charge on any atom is -0.394 e. The molecule has 7 rings (SSSR count). The number of anilines is 2. The molecule has 2 aliphatic rings. The zero-order chi connectivity index (χ0) is 38.0. The van der Waals surface area contributed by atoms with Gasteiger partial charge in [0.05, 0.1) is 32.8 Å². The Morgan fingerprint density at radius 1 is 0.833 bits per heavy atom. The van der Waals surface area contributed by atoms with Crippen molar-refractivity contribution in [3.05, 3.63) is 105 Å². The summed E-state index contributed by atoms with van der Waals surface area (Å²) in [5.74, 6) is -0.482. The highest BCUT2D eigenvalue weighted by Gasteiger charge is 2.52. The molecule has 2 aliphatic heterocycles. The van der Waals surface area contributed by atoms with Crippen molar-refractivity contribution in [1.82, 2.24) is 34.1 Å². The largest absolute Gasteiger partial charge is 0.472 e. The van der Waals surface area contributed by atoms with Gasteiger partial charge in [-0.05, 0) is 11.1 Å². The number of aliphatic hydroxyl groups is 2. The smallest absolute Gasteiger partial charge is 0.394 e. The highest BCUT2D eigenvalue weighted by molar-refractivity contribution is 7.47. The summed E-state index contributed by atoms with van der Waals surface area (Å²) in [4.78, 5) is 54.4. The number of nitrogens with one attached hydrogen (secondary N) is 1. The van der Waals surface area contributed by atoms with Gasteiger partial charge >= 0.3 is 13.5 Å². The average molecular weight is 770 g/mol. The molecule has 0 amide bonds. The molecule has 5 heterocycles. The Hall–Kier alpha value is -4.93. The molecule has 22 heteroatoms. The maximum Gasteiger partial charge on any atom is 0.472 e. The van der Waals surface area contributed by atoms with Crippen LogP contribution in [0, 0.1) is 0 Å². The predicted molar refractivity (Wildman–Crippen MR) is 185 cm³/mol. The SMILES string of the molecule is Nc1ncn([C@@H]2O[C@H](CO)[C@H](OP(=O)(O)OC[C@H]3O[C@@H](n4cnc5c(=O)[nH]c(N)nc54)C(OCc4ccccc4)C3O)C2OCc2ccccc2)c(=O)n1. The highest BCUT2D eigenvalue weighted by atomic mass is 31.2. The summed E-state index contributed by atoms with van der Waals surface area (Å²) >= 11 is 0. The standard InChI is InChI=1S/C32H36N9O12P/c33-30-36-16-41(32(45)39-30)29-25(49-13-18-9-5-2-6-10-18)23(19(11-42)51-29)53-54(46,47)50-14-20-22(43)24(48-12-17-7-3-1-4-8-17)28(52-20)40-15-35-21-26(40)37-31(34)38-27(21)44/h1-10,15-16,19-20,22-25,28-29,42-43H,11-14H2,(H,46,47)(H2,33,39,45)(H3,34,37,38,44)/t19-,20-,22?,23+,24?,25?,28-,29-/m1/s1. The van der Waals surface area contributed by atoms with Gasteiger partial charge in [0.15, 0.2) is 23.6 Å². The number of aromatic nitrogens is 7. The monoisotopic (exact) mass is 769 g/mol. The molecule has 0 aliphatic carbocycles.